The molecule has 4 nitrogen and oxygen atoms in total. The van der Waals surface area contributed by atoms with E-state index in [9.17, 15) is 5.11 Å². The quantitative estimate of drug-likeness (QED) is 0.835. The predicted octanol–water partition coefficient (Wildman–Crippen LogP) is 2.82. The maximum absolute atomic E-state index is 10.6. The Morgan fingerprint density at radius 2 is 1.85 bits per heavy atom. The summed E-state index contributed by atoms with van der Waals surface area (Å²) >= 11 is 0. The van der Waals surface area contributed by atoms with Gasteiger partial charge in [-0.1, -0.05) is 13.8 Å². The first kappa shape index (κ1) is 16.9. The van der Waals surface area contributed by atoms with Gasteiger partial charge in [-0.25, -0.2) is 0 Å². The molecule has 0 bridgehead atoms. The van der Waals surface area contributed by atoms with Gasteiger partial charge in [0.15, 0.2) is 0 Å². The maximum atomic E-state index is 10.6. The van der Waals surface area contributed by atoms with Crippen LogP contribution in [0.15, 0.2) is 6.20 Å². The van der Waals surface area contributed by atoms with Gasteiger partial charge in [0.1, 0.15) is 5.75 Å². The molecule has 1 N–H and O–H groups in total. The standard InChI is InChI=1S/C16H27NO3/c1-7-16(8-2,20-6)14(18)9-13-12(4)15(19-5)11(3)10-17-13/h10,14,18H,7-9H2,1-6H3. The Bertz CT molecular complexity index is 433. The molecule has 0 saturated heterocycles. The number of aryl methyl sites for hydroxylation is 1. The number of nitrogens with zero attached hydrogens (tertiary/aromatic N) is 1. The van der Waals surface area contributed by atoms with E-state index in [1.54, 1.807) is 20.4 Å². The third-order valence-electron chi connectivity index (χ3n) is 4.35. The van der Waals surface area contributed by atoms with Crippen LogP contribution in [-0.4, -0.2) is 36.0 Å². The molecule has 0 saturated carbocycles. The monoisotopic (exact) mass is 281 g/mol. The van der Waals surface area contributed by atoms with Crippen LogP contribution in [0.4, 0.5) is 0 Å². The van der Waals surface area contributed by atoms with E-state index < -0.39 is 11.7 Å². The molecule has 0 radical (unpaired) electrons. The number of ether oxygens (including phenoxy) is 2. The van der Waals surface area contributed by atoms with E-state index in [0.29, 0.717) is 6.42 Å². The van der Waals surface area contributed by atoms with E-state index in [1.165, 1.54) is 0 Å². The summed E-state index contributed by atoms with van der Waals surface area (Å²) in [7, 11) is 3.32. The van der Waals surface area contributed by atoms with E-state index in [-0.39, 0.29) is 0 Å². The Morgan fingerprint density at radius 3 is 2.30 bits per heavy atom. The SMILES string of the molecule is CCC(CC)(OC)C(O)Cc1ncc(C)c(OC)c1C. The van der Waals surface area contributed by atoms with Crippen molar-refractivity contribution in [2.75, 3.05) is 14.2 Å². The second kappa shape index (κ2) is 7.04. The Kier molecular flexibility index (Phi) is 5.96. The Labute approximate surface area is 122 Å². The summed E-state index contributed by atoms with van der Waals surface area (Å²) in [5.41, 5.74) is 2.35. The van der Waals surface area contributed by atoms with Gasteiger partial charge in [-0.05, 0) is 26.7 Å². The van der Waals surface area contributed by atoms with Crippen LogP contribution in [0.25, 0.3) is 0 Å². The van der Waals surface area contributed by atoms with Crippen molar-refractivity contribution in [3.8, 4) is 5.75 Å². The van der Waals surface area contributed by atoms with E-state index in [1.807, 2.05) is 27.7 Å². The molecule has 1 aromatic heterocycles. The number of aliphatic hydroxyl groups is 1. The summed E-state index contributed by atoms with van der Waals surface area (Å²) in [5.74, 6) is 0.846. The molecule has 0 amide bonds. The van der Waals surface area contributed by atoms with Crippen molar-refractivity contribution in [1.29, 1.82) is 0 Å². The van der Waals surface area contributed by atoms with Gasteiger partial charge in [-0.3, -0.25) is 4.98 Å². The molecule has 1 aromatic rings. The van der Waals surface area contributed by atoms with Gasteiger partial charge in [0.05, 0.1) is 18.8 Å². The molecular formula is C16H27NO3. The van der Waals surface area contributed by atoms with E-state index in [0.717, 1.165) is 35.4 Å². The minimum atomic E-state index is -0.582. The van der Waals surface area contributed by atoms with Gasteiger partial charge in [-0.2, -0.15) is 0 Å². The largest absolute Gasteiger partial charge is 0.496 e. The molecule has 1 atom stereocenters. The highest BCUT2D eigenvalue weighted by molar-refractivity contribution is 5.41. The summed E-state index contributed by atoms with van der Waals surface area (Å²) in [6.07, 6.45) is 3.21. The van der Waals surface area contributed by atoms with Crippen molar-refractivity contribution in [2.24, 2.45) is 0 Å². The number of pyridine rings is 1. The zero-order chi connectivity index (χ0) is 15.3. The lowest BCUT2D eigenvalue weighted by Gasteiger charge is -2.35. The fraction of sp³-hybridized carbons (Fsp3) is 0.688. The van der Waals surface area contributed by atoms with Gasteiger partial charge in [-0.15, -0.1) is 0 Å². The molecule has 0 aromatic carbocycles. The molecule has 1 unspecified atom stereocenters. The summed E-state index contributed by atoms with van der Waals surface area (Å²) < 4.78 is 11.0. The molecule has 0 aliphatic heterocycles. The summed E-state index contributed by atoms with van der Waals surface area (Å²) in [6, 6.07) is 0. The van der Waals surface area contributed by atoms with E-state index in [4.69, 9.17) is 9.47 Å². The fourth-order valence-corrected chi connectivity index (χ4v) is 2.79. The first-order chi connectivity index (χ1) is 9.45. The topological polar surface area (TPSA) is 51.6 Å². The minimum absolute atomic E-state index is 0.470. The first-order valence-electron chi connectivity index (χ1n) is 7.18. The Morgan fingerprint density at radius 1 is 1.25 bits per heavy atom. The molecule has 114 valence electrons. The number of aliphatic hydroxyl groups excluding tert-OH is 1. The highest BCUT2D eigenvalue weighted by atomic mass is 16.5. The fourth-order valence-electron chi connectivity index (χ4n) is 2.79. The highest BCUT2D eigenvalue weighted by Crippen LogP contribution is 2.29. The van der Waals surface area contributed by atoms with Crippen molar-refractivity contribution < 1.29 is 14.6 Å². The van der Waals surface area contributed by atoms with Crippen LogP contribution in [0.2, 0.25) is 0 Å². The number of rotatable bonds is 7. The lowest BCUT2D eigenvalue weighted by atomic mass is 9.87. The third kappa shape index (κ3) is 3.13. The molecular weight excluding hydrogens is 254 g/mol. The van der Waals surface area contributed by atoms with Crippen LogP contribution in [0, 0.1) is 13.8 Å². The summed E-state index contributed by atoms with van der Waals surface area (Å²) in [5, 5.41) is 10.6. The van der Waals surface area contributed by atoms with Crippen molar-refractivity contribution in [1.82, 2.24) is 4.98 Å². The van der Waals surface area contributed by atoms with Crippen molar-refractivity contribution in [3.63, 3.8) is 0 Å². The smallest absolute Gasteiger partial charge is 0.128 e. The van der Waals surface area contributed by atoms with Gasteiger partial charge in [0.2, 0.25) is 0 Å². The lowest BCUT2D eigenvalue weighted by Crippen LogP contribution is -2.44. The normalized spacial score (nSPS) is 13.3. The molecule has 4 heteroatoms. The molecule has 0 spiro atoms. The number of methoxy groups -OCH3 is 2. The predicted molar refractivity (Wildman–Crippen MR) is 80.3 cm³/mol. The number of aromatic nitrogens is 1. The molecule has 1 heterocycles. The molecule has 20 heavy (non-hydrogen) atoms. The van der Waals surface area contributed by atoms with E-state index in [2.05, 4.69) is 4.98 Å². The van der Waals surface area contributed by atoms with Crippen molar-refractivity contribution in [2.45, 2.75) is 58.7 Å². The second-order valence-corrected chi connectivity index (χ2v) is 5.24. The zero-order valence-electron chi connectivity index (χ0n) is 13.5. The van der Waals surface area contributed by atoms with Crippen LogP contribution in [0.1, 0.15) is 43.5 Å². The van der Waals surface area contributed by atoms with Gasteiger partial charge >= 0.3 is 0 Å². The summed E-state index contributed by atoms with van der Waals surface area (Å²) in [4.78, 5) is 4.45. The molecule has 0 aliphatic carbocycles. The second-order valence-electron chi connectivity index (χ2n) is 5.24. The van der Waals surface area contributed by atoms with E-state index >= 15 is 0 Å². The van der Waals surface area contributed by atoms with Crippen LogP contribution in [0.5, 0.6) is 5.75 Å². The van der Waals surface area contributed by atoms with Gasteiger partial charge in [0.25, 0.3) is 0 Å². The number of hydrogen-bond acceptors (Lipinski definition) is 4. The zero-order valence-corrected chi connectivity index (χ0v) is 13.5. The lowest BCUT2D eigenvalue weighted by molar-refractivity contribution is -0.107. The molecule has 0 fully saturated rings. The van der Waals surface area contributed by atoms with Crippen LogP contribution >= 0.6 is 0 Å². The molecule has 0 aliphatic rings. The van der Waals surface area contributed by atoms with Crippen molar-refractivity contribution in [3.05, 3.63) is 23.0 Å². The Balaban J connectivity index is 3.04. The van der Waals surface area contributed by atoms with Crippen LogP contribution in [0.3, 0.4) is 0 Å². The minimum Gasteiger partial charge on any atom is -0.496 e. The summed E-state index contributed by atoms with van der Waals surface area (Å²) in [6.45, 7) is 8.02. The number of hydrogen-bond donors (Lipinski definition) is 1. The Hall–Kier alpha value is -1.13. The third-order valence-corrected chi connectivity index (χ3v) is 4.35. The van der Waals surface area contributed by atoms with Gasteiger partial charge < -0.3 is 14.6 Å². The maximum Gasteiger partial charge on any atom is 0.128 e. The highest BCUT2D eigenvalue weighted by Gasteiger charge is 2.35. The van der Waals surface area contributed by atoms with Crippen LogP contribution < -0.4 is 4.74 Å². The molecule has 1 rings (SSSR count). The van der Waals surface area contributed by atoms with Gasteiger partial charge in [0, 0.05) is 36.5 Å². The first-order valence-corrected chi connectivity index (χ1v) is 7.18. The van der Waals surface area contributed by atoms with Crippen LogP contribution in [-0.2, 0) is 11.2 Å². The average Bonchev–Trinajstić information content (AvgIpc) is 2.45. The average molecular weight is 281 g/mol. The van der Waals surface area contributed by atoms with Crippen molar-refractivity contribution >= 4 is 0 Å².